The average Bonchev–Trinajstić information content (AvgIpc) is 3.16. The van der Waals surface area contributed by atoms with Crippen LogP contribution in [0.1, 0.15) is 69.2 Å². The Morgan fingerprint density at radius 3 is 2.50 bits per heavy atom. The fourth-order valence-corrected chi connectivity index (χ4v) is 4.59. The largest absolute Gasteiger partial charge is 0.417 e. The highest BCUT2D eigenvalue weighted by Gasteiger charge is 2.36. The van der Waals surface area contributed by atoms with Crippen LogP contribution in [-0.2, 0) is 16.6 Å². The molecular weight excluding hydrogens is 482 g/mol. The highest BCUT2D eigenvalue weighted by atomic mass is 28.4. The number of aromatic nitrogens is 3. The summed E-state index contributed by atoms with van der Waals surface area (Å²) in [5, 5.41) is 19.0. The number of amides is 1. The van der Waals surface area contributed by atoms with Crippen molar-refractivity contribution in [2.45, 2.75) is 77.7 Å². The number of carbonyl (C=O) groups excluding carboxylic acids is 1. The first kappa shape index (κ1) is 27.9. The Morgan fingerprint density at radius 2 is 1.89 bits per heavy atom. The highest BCUT2D eigenvalue weighted by molar-refractivity contribution is 6.74. The minimum atomic E-state index is -2.78. The Bertz CT molecular complexity index is 1230. The number of alkyl halides is 2. The highest BCUT2D eigenvalue weighted by Crippen LogP contribution is 2.36. The number of carbonyl (C=O) groups is 1. The number of benzene rings is 1. The number of nitrogens with one attached hydrogen (secondary N) is 1. The molecule has 3 aromatic rings. The maximum atomic E-state index is 13.0. The van der Waals surface area contributed by atoms with E-state index in [-0.39, 0.29) is 10.7 Å². The topological polar surface area (TPSA) is 89.3 Å². The molecule has 1 aromatic carbocycles. The molecule has 0 unspecified atom stereocenters. The minimum Gasteiger partial charge on any atom is -0.417 e. The number of hydrogen-bond donors (Lipinski definition) is 2. The molecule has 196 valence electrons. The molecule has 2 N–H and O–H groups in total. The molecule has 7 nitrogen and oxygen atoms in total. The van der Waals surface area contributed by atoms with Gasteiger partial charge in [0.15, 0.2) is 8.32 Å². The number of pyridine rings is 1. The van der Waals surface area contributed by atoms with Gasteiger partial charge in [0.05, 0.1) is 11.1 Å². The lowest BCUT2D eigenvalue weighted by molar-refractivity contribution is 0.0793. The summed E-state index contributed by atoms with van der Waals surface area (Å²) < 4.78 is 34.1. The van der Waals surface area contributed by atoms with Crippen molar-refractivity contribution in [3.63, 3.8) is 0 Å². The Morgan fingerprint density at radius 1 is 1.19 bits per heavy atom. The molecule has 2 aromatic heterocycles. The summed E-state index contributed by atoms with van der Waals surface area (Å²) in [4.78, 5) is 16.6. The molecule has 0 saturated heterocycles. The van der Waals surface area contributed by atoms with Crippen LogP contribution >= 0.6 is 0 Å². The molecule has 0 saturated carbocycles. The number of fused-ring (bicyclic) bond motifs is 1. The molecule has 0 aliphatic heterocycles. The molecular formula is C26H36F2N4O3Si. The van der Waals surface area contributed by atoms with Gasteiger partial charge in [-0.1, -0.05) is 26.8 Å². The third kappa shape index (κ3) is 6.54. The minimum absolute atomic E-state index is 0.132. The second kappa shape index (κ2) is 10.4. The smallest absolute Gasteiger partial charge is 0.280 e. The molecule has 36 heavy (non-hydrogen) atoms. The van der Waals surface area contributed by atoms with Crippen LogP contribution in [0.3, 0.4) is 0 Å². The van der Waals surface area contributed by atoms with E-state index in [2.05, 4.69) is 49.3 Å². The Balaban J connectivity index is 1.80. The van der Waals surface area contributed by atoms with Crippen LogP contribution in [0.25, 0.3) is 10.9 Å². The van der Waals surface area contributed by atoms with Crippen molar-refractivity contribution in [1.82, 2.24) is 14.8 Å². The summed E-state index contributed by atoms with van der Waals surface area (Å²) in [6, 6.07) is 7.36. The summed E-state index contributed by atoms with van der Waals surface area (Å²) >= 11 is 0. The lowest BCUT2D eigenvalue weighted by Crippen LogP contribution is -2.41. The molecule has 0 bridgehead atoms. The number of rotatable bonds is 9. The lowest BCUT2D eigenvalue weighted by atomic mass is 9.95. The molecule has 0 atom stereocenters. The molecule has 10 heteroatoms. The zero-order chi connectivity index (χ0) is 26.9. The van der Waals surface area contributed by atoms with Gasteiger partial charge in [-0.2, -0.15) is 5.10 Å². The van der Waals surface area contributed by atoms with Gasteiger partial charge >= 0.3 is 0 Å². The predicted octanol–water partition coefficient (Wildman–Crippen LogP) is 6.26. The van der Waals surface area contributed by atoms with Gasteiger partial charge in [-0.15, -0.1) is 0 Å². The molecule has 0 fully saturated rings. The van der Waals surface area contributed by atoms with Gasteiger partial charge in [0.1, 0.15) is 11.4 Å². The first-order chi connectivity index (χ1) is 16.6. The second-order valence-electron chi connectivity index (χ2n) is 11.1. The van der Waals surface area contributed by atoms with Gasteiger partial charge in [-0.3, -0.25) is 9.48 Å². The maximum Gasteiger partial charge on any atom is 0.280 e. The van der Waals surface area contributed by atoms with Gasteiger partial charge in [-0.05, 0) is 62.7 Å². The van der Waals surface area contributed by atoms with E-state index in [1.165, 1.54) is 18.2 Å². The number of halogens is 2. The van der Waals surface area contributed by atoms with E-state index < -0.39 is 31.9 Å². The molecule has 0 spiro atoms. The van der Waals surface area contributed by atoms with E-state index >= 15 is 0 Å². The van der Waals surface area contributed by atoms with Crippen molar-refractivity contribution in [2.75, 3.05) is 11.9 Å². The van der Waals surface area contributed by atoms with E-state index in [0.717, 1.165) is 11.8 Å². The first-order valence-corrected chi connectivity index (χ1v) is 14.9. The molecule has 1 amide bonds. The van der Waals surface area contributed by atoms with Crippen molar-refractivity contribution in [2.24, 2.45) is 0 Å². The summed E-state index contributed by atoms with van der Waals surface area (Å²) in [6.07, 6.45) is -0.102. The number of aliphatic hydroxyl groups is 1. The monoisotopic (exact) mass is 518 g/mol. The van der Waals surface area contributed by atoms with Crippen molar-refractivity contribution in [1.29, 1.82) is 0 Å². The summed E-state index contributed by atoms with van der Waals surface area (Å²) in [7, 11) is -1.81. The van der Waals surface area contributed by atoms with Crippen molar-refractivity contribution >= 4 is 30.8 Å². The third-order valence-corrected chi connectivity index (χ3v) is 11.2. The lowest BCUT2D eigenvalue weighted by Gasteiger charge is -2.36. The Kier molecular flexibility index (Phi) is 8.02. The average molecular weight is 519 g/mol. The van der Waals surface area contributed by atoms with Crippen LogP contribution in [0.2, 0.25) is 18.1 Å². The normalized spacial score (nSPS) is 13.0. The summed E-state index contributed by atoms with van der Waals surface area (Å²) in [5.41, 5.74) is -0.389. The molecule has 3 rings (SSSR count). The van der Waals surface area contributed by atoms with Gasteiger partial charge in [0.2, 0.25) is 0 Å². The fraction of sp³-hybridized carbons (Fsp3) is 0.500. The van der Waals surface area contributed by atoms with Gasteiger partial charge < -0.3 is 14.8 Å². The van der Waals surface area contributed by atoms with Gasteiger partial charge in [0, 0.05) is 36.0 Å². The van der Waals surface area contributed by atoms with E-state index in [4.69, 9.17) is 4.43 Å². The van der Waals surface area contributed by atoms with Crippen LogP contribution < -0.4 is 5.32 Å². The standard InChI is InChI=1S/C26H36F2N4O3Si/c1-25(2,3)36(6,7)35-13-9-12-32-16-17-14-22(18(26(4,5)34)15-21(17)31-32)30-24(33)20-11-8-10-19(29-20)23(27)28/h8,10-11,14-16,23,34H,9,12-13H2,1-7H3,(H,30,33). The number of hydrogen-bond acceptors (Lipinski definition) is 5. The second-order valence-corrected chi connectivity index (χ2v) is 15.9. The SMILES string of the molecule is CC(C)(O)c1cc2nn(CCCO[Si](C)(C)C(C)(C)C)cc2cc1NC(=O)c1cccc(C(F)F)n1. The van der Waals surface area contributed by atoms with E-state index in [1.54, 1.807) is 26.0 Å². The quantitative estimate of drug-likeness (QED) is 0.258. The molecule has 0 aliphatic rings. The van der Waals surface area contributed by atoms with Crippen molar-refractivity contribution in [3.8, 4) is 0 Å². The van der Waals surface area contributed by atoms with E-state index in [1.807, 2.05) is 10.9 Å². The molecule has 2 heterocycles. The van der Waals surface area contributed by atoms with Crippen LogP contribution in [0, 0.1) is 0 Å². The summed E-state index contributed by atoms with van der Waals surface area (Å²) in [5.74, 6) is -0.641. The van der Waals surface area contributed by atoms with Crippen LogP contribution in [0.15, 0.2) is 36.5 Å². The van der Waals surface area contributed by atoms with E-state index in [9.17, 15) is 18.7 Å². The zero-order valence-corrected chi connectivity index (χ0v) is 23.0. The van der Waals surface area contributed by atoms with Gasteiger partial charge in [-0.25, -0.2) is 13.8 Å². The maximum absolute atomic E-state index is 13.0. The molecule has 0 aliphatic carbocycles. The molecule has 0 radical (unpaired) electrons. The fourth-order valence-electron chi connectivity index (χ4n) is 3.50. The first-order valence-electron chi connectivity index (χ1n) is 12.0. The van der Waals surface area contributed by atoms with Crippen molar-refractivity contribution in [3.05, 3.63) is 53.5 Å². The van der Waals surface area contributed by atoms with E-state index in [0.29, 0.717) is 29.9 Å². The van der Waals surface area contributed by atoms with Crippen LogP contribution in [-0.4, -0.2) is 40.7 Å². The third-order valence-electron chi connectivity index (χ3n) is 6.63. The predicted molar refractivity (Wildman–Crippen MR) is 140 cm³/mol. The number of nitrogens with zero attached hydrogens (tertiary/aromatic N) is 3. The number of anilines is 1. The summed E-state index contributed by atoms with van der Waals surface area (Å²) in [6.45, 7) is 15.6. The Labute approximate surface area is 212 Å². The van der Waals surface area contributed by atoms with Crippen LogP contribution in [0.4, 0.5) is 14.5 Å². The van der Waals surface area contributed by atoms with Gasteiger partial charge in [0.25, 0.3) is 12.3 Å². The van der Waals surface area contributed by atoms with Crippen LogP contribution in [0.5, 0.6) is 0 Å². The number of aryl methyl sites for hydroxylation is 1. The zero-order valence-electron chi connectivity index (χ0n) is 22.0. The Hall–Kier alpha value is -2.69. The van der Waals surface area contributed by atoms with Crippen molar-refractivity contribution < 1.29 is 23.1 Å².